The molecule has 0 atom stereocenters. The highest BCUT2D eigenvalue weighted by Crippen LogP contribution is 2.29. The zero-order valence-electron chi connectivity index (χ0n) is 15.7. The summed E-state index contributed by atoms with van der Waals surface area (Å²) in [5.41, 5.74) is 1.25. The van der Waals surface area contributed by atoms with Crippen LogP contribution in [0.2, 0.25) is 0 Å². The molecule has 2 rings (SSSR count). The van der Waals surface area contributed by atoms with E-state index in [0.29, 0.717) is 23.7 Å². The number of amides is 1. The number of rotatable bonds is 8. The molecule has 1 N–H and O–H groups in total. The first-order valence-electron chi connectivity index (χ1n) is 8.25. The zero-order valence-corrected chi connectivity index (χ0v) is 15.7. The molecule has 2 aromatic rings. The number of carbonyl (C=O) groups is 1. The number of likely N-dealkylation sites (N-methyl/N-ethyl adjacent to an activating group) is 1. The molecule has 0 aliphatic carbocycles. The number of carbonyl (C=O) groups excluding carboxylic acids is 1. The van der Waals surface area contributed by atoms with Gasteiger partial charge < -0.3 is 19.5 Å². The lowest BCUT2D eigenvalue weighted by Gasteiger charge is -2.18. The third kappa shape index (κ3) is 6.66. The summed E-state index contributed by atoms with van der Waals surface area (Å²) in [5, 5.41) is 2.76. The van der Waals surface area contributed by atoms with Crippen LogP contribution in [0.3, 0.4) is 0 Å². The van der Waals surface area contributed by atoms with E-state index in [1.165, 1.54) is 38.5 Å². The molecule has 0 radical (unpaired) electrons. The molecule has 0 aromatic heterocycles. The van der Waals surface area contributed by atoms with Crippen LogP contribution >= 0.6 is 0 Å². The molecule has 0 unspecified atom stereocenters. The van der Waals surface area contributed by atoms with E-state index in [4.69, 9.17) is 9.47 Å². The van der Waals surface area contributed by atoms with Crippen molar-refractivity contribution in [2.45, 2.75) is 12.9 Å². The normalized spacial score (nSPS) is 11.2. The van der Waals surface area contributed by atoms with Crippen LogP contribution in [0.1, 0.15) is 5.56 Å². The monoisotopic (exact) mass is 398 g/mol. The van der Waals surface area contributed by atoms with Crippen LogP contribution in [0.4, 0.5) is 18.9 Å². The summed E-state index contributed by atoms with van der Waals surface area (Å²) in [4.78, 5) is 14.0. The zero-order chi connectivity index (χ0) is 20.7. The smallest absolute Gasteiger partial charge is 0.497 e. The van der Waals surface area contributed by atoms with Crippen molar-refractivity contribution >= 4 is 11.6 Å². The molecule has 0 saturated heterocycles. The Morgan fingerprint density at radius 3 is 2.25 bits per heavy atom. The maximum atomic E-state index is 12.3. The van der Waals surface area contributed by atoms with Crippen molar-refractivity contribution in [1.29, 1.82) is 0 Å². The number of ether oxygens (including phenoxy) is 3. The van der Waals surface area contributed by atoms with Crippen molar-refractivity contribution in [2.24, 2.45) is 0 Å². The minimum Gasteiger partial charge on any atom is -0.497 e. The van der Waals surface area contributed by atoms with Gasteiger partial charge in [-0.3, -0.25) is 9.69 Å². The molecule has 9 heteroatoms. The molecular weight excluding hydrogens is 377 g/mol. The van der Waals surface area contributed by atoms with E-state index in [0.717, 1.165) is 5.56 Å². The first-order valence-corrected chi connectivity index (χ1v) is 8.25. The minimum atomic E-state index is -4.72. The van der Waals surface area contributed by atoms with E-state index < -0.39 is 6.36 Å². The Bertz CT molecular complexity index is 795. The van der Waals surface area contributed by atoms with Gasteiger partial charge in [-0.05, 0) is 36.9 Å². The van der Waals surface area contributed by atoms with Crippen molar-refractivity contribution in [1.82, 2.24) is 4.90 Å². The topological polar surface area (TPSA) is 60.0 Å². The molecule has 28 heavy (non-hydrogen) atoms. The van der Waals surface area contributed by atoms with Gasteiger partial charge in [-0.1, -0.05) is 12.1 Å². The highest BCUT2D eigenvalue weighted by molar-refractivity contribution is 5.93. The molecule has 6 nitrogen and oxygen atoms in total. The van der Waals surface area contributed by atoms with Gasteiger partial charge in [-0.25, -0.2) is 0 Å². The third-order valence-electron chi connectivity index (χ3n) is 3.71. The Hall–Kier alpha value is -2.94. The average Bonchev–Trinajstić information content (AvgIpc) is 2.62. The number of alkyl halides is 3. The average molecular weight is 398 g/mol. The van der Waals surface area contributed by atoms with Crippen molar-refractivity contribution in [2.75, 3.05) is 33.1 Å². The lowest BCUT2D eigenvalue weighted by atomic mass is 10.2. The van der Waals surface area contributed by atoms with Gasteiger partial charge in [0.15, 0.2) is 0 Å². The second-order valence-corrected chi connectivity index (χ2v) is 5.98. The highest BCUT2D eigenvalue weighted by Gasteiger charge is 2.30. The second-order valence-electron chi connectivity index (χ2n) is 5.98. The molecule has 0 heterocycles. The van der Waals surface area contributed by atoms with Crippen molar-refractivity contribution < 1.29 is 32.2 Å². The largest absolute Gasteiger partial charge is 0.573 e. The first-order chi connectivity index (χ1) is 13.2. The maximum absolute atomic E-state index is 12.3. The summed E-state index contributed by atoms with van der Waals surface area (Å²) in [5.74, 6) is 0.520. The van der Waals surface area contributed by atoms with E-state index >= 15 is 0 Å². The summed E-state index contributed by atoms with van der Waals surface area (Å²) in [6.45, 7) is 0.454. The summed E-state index contributed by atoms with van der Waals surface area (Å²) < 4.78 is 50.7. The molecule has 0 saturated carbocycles. The lowest BCUT2D eigenvalue weighted by molar-refractivity contribution is -0.274. The SMILES string of the molecule is COc1ccc(NC(=O)CN(C)Cc2ccc(OC(F)(F)F)cc2)c(OC)c1. The number of benzene rings is 2. The summed E-state index contributed by atoms with van der Waals surface area (Å²) in [7, 11) is 4.75. The number of anilines is 1. The molecule has 0 spiro atoms. The van der Waals surface area contributed by atoms with Gasteiger partial charge in [0.25, 0.3) is 0 Å². The fraction of sp³-hybridized carbons (Fsp3) is 0.316. The van der Waals surface area contributed by atoms with Crippen molar-refractivity contribution in [3.8, 4) is 17.2 Å². The number of methoxy groups -OCH3 is 2. The summed E-state index contributed by atoms with van der Waals surface area (Å²) in [6, 6.07) is 10.5. The van der Waals surface area contributed by atoms with E-state index in [1.807, 2.05) is 0 Å². The van der Waals surface area contributed by atoms with E-state index in [1.54, 1.807) is 30.1 Å². The van der Waals surface area contributed by atoms with E-state index in [-0.39, 0.29) is 18.2 Å². The Kier molecular flexibility index (Phi) is 7.11. The Labute approximate surface area is 160 Å². The van der Waals surface area contributed by atoms with Crippen LogP contribution in [-0.4, -0.2) is 45.0 Å². The number of hydrogen-bond donors (Lipinski definition) is 1. The number of halogens is 3. The maximum Gasteiger partial charge on any atom is 0.573 e. The van der Waals surface area contributed by atoms with Crippen molar-refractivity contribution in [3.05, 3.63) is 48.0 Å². The molecule has 1 amide bonds. The van der Waals surface area contributed by atoms with Crippen LogP contribution in [0.15, 0.2) is 42.5 Å². The molecular formula is C19H21F3N2O4. The molecule has 152 valence electrons. The van der Waals surface area contributed by atoms with Gasteiger partial charge in [-0.15, -0.1) is 13.2 Å². The number of hydrogen-bond acceptors (Lipinski definition) is 5. The number of nitrogens with zero attached hydrogens (tertiary/aromatic N) is 1. The Balaban J connectivity index is 1.90. The van der Waals surface area contributed by atoms with Gasteiger partial charge in [-0.2, -0.15) is 0 Å². The predicted molar refractivity (Wildman–Crippen MR) is 97.6 cm³/mol. The van der Waals surface area contributed by atoms with Crippen LogP contribution in [0.5, 0.6) is 17.2 Å². The lowest BCUT2D eigenvalue weighted by Crippen LogP contribution is -2.30. The Morgan fingerprint density at radius 1 is 1.04 bits per heavy atom. The van der Waals surface area contributed by atoms with Crippen LogP contribution < -0.4 is 19.5 Å². The van der Waals surface area contributed by atoms with Crippen LogP contribution in [0.25, 0.3) is 0 Å². The van der Waals surface area contributed by atoms with Crippen molar-refractivity contribution in [3.63, 3.8) is 0 Å². The molecule has 0 bridgehead atoms. The second kappa shape index (κ2) is 9.32. The van der Waals surface area contributed by atoms with Gasteiger partial charge in [0.2, 0.25) is 5.91 Å². The standard InChI is InChI=1S/C19H21F3N2O4/c1-24(11-13-4-6-14(7-5-13)28-19(20,21)22)12-18(25)23-16-9-8-15(26-2)10-17(16)27-3/h4-10H,11-12H2,1-3H3,(H,23,25). The highest BCUT2D eigenvalue weighted by atomic mass is 19.4. The predicted octanol–water partition coefficient (Wildman–Crippen LogP) is 3.67. The molecule has 0 fully saturated rings. The molecule has 0 aliphatic heterocycles. The molecule has 2 aromatic carbocycles. The quantitative estimate of drug-likeness (QED) is 0.735. The van der Waals surface area contributed by atoms with E-state index in [9.17, 15) is 18.0 Å². The van der Waals surface area contributed by atoms with Crippen LogP contribution in [-0.2, 0) is 11.3 Å². The van der Waals surface area contributed by atoms with Gasteiger partial charge in [0, 0.05) is 12.6 Å². The first kappa shape index (κ1) is 21.4. The fourth-order valence-electron chi connectivity index (χ4n) is 2.50. The van der Waals surface area contributed by atoms with E-state index in [2.05, 4.69) is 10.1 Å². The summed E-state index contributed by atoms with van der Waals surface area (Å²) >= 11 is 0. The van der Waals surface area contributed by atoms with Gasteiger partial charge in [0.1, 0.15) is 17.2 Å². The number of nitrogens with one attached hydrogen (secondary N) is 1. The summed E-state index contributed by atoms with van der Waals surface area (Å²) in [6.07, 6.45) is -4.72. The van der Waals surface area contributed by atoms with Gasteiger partial charge >= 0.3 is 6.36 Å². The third-order valence-corrected chi connectivity index (χ3v) is 3.71. The molecule has 0 aliphatic rings. The minimum absolute atomic E-state index is 0.0794. The van der Waals surface area contributed by atoms with Gasteiger partial charge in [0.05, 0.1) is 26.5 Å². The fourth-order valence-corrected chi connectivity index (χ4v) is 2.50. The Morgan fingerprint density at radius 2 is 1.68 bits per heavy atom. The van der Waals surface area contributed by atoms with Crippen LogP contribution in [0, 0.1) is 0 Å².